The van der Waals surface area contributed by atoms with E-state index in [0.717, 1.165) is 5.39 Å². The number of ether oxygens (including phenoxy) is 2. The van der Waals surface area contributed by atoms with Crippen molar-refractivity contribution in [3.05, 3.63) is 65.0 Å². The molecule has 4 rings (SSSR count). The van der Waals surface area contributed by atoms with Crippen molar-refractivity contribution in [1.82, 2.24) is 0 Å². The molecule has 152 valence electrons. The summed E-state index contributed by atoms with van der Waals surface area (Å²) in [5, 5.41) is 40.4. The van der Waals surface area contributed by atoms with Gasteiger partial charge in [-0.1, -0.05) is 30.3 Å². The standard InChI is InChI=1S/C21H20O8/c22-10-16-17(23)18(24)19(25)21(29-16)27-13-6-3-5-12(8-13)15-9-11-4-1-2-7-14(11)20(26)28-15/h1-9,16-19,21-25H,10H2/t16-,17-,18+,19-,21-/m1/s1. The van der Waals surface area contributed by atoms with E-state index >= 15 is 0 Å². The van der Waals surface area contributed by atoms with Crippen molar-refractivity contribution >= 4 is 10.8 Å². The Labute approximate surface area is 165 Å². The summed E-state index contributed by atoms with van der Waals surface area (Å²) < 4.78 is 16.4. The maximum Gasteiger partial charge on any atom is 0.344 e. The number of hydrogen-bond donors (Lipinski definition) is 4. The zero-order valence-electron chi connectivity index (χ0n) is 15.2. The first-order chi connectivity index (χ1) is 14.0. The molecule has 8 nitrogen and oxygen atoms in total. The molecule has 1 saturated heterocycles. The Bertz CT molecular complexity index is 1060. The molecule has 0 radical (unpaired) electrons. The van der Waals surface area contributed by atoms with E-state index in [1.54, 1.807) is 42.5 Å². The summed E-state index contributed by atoms with van der Waals surface area (Å²) in [7, 11) is 0. The lowest BCUT2D eigenvalue weighted by atomic mass is 9.99. The second-order valence-corrected chi connectivity index (χ2v) is 6.83. The summed E-state index contributed by atoms with van der Waals surface area (Å²) in [5.41, 5.74) is 0.105. The summed E-state index contributed by atoms with van der Waals surface area (Å²) in [5.74, 6) is 0.621. The molecular formula is C21H20O8. The van der Waals surface area contributed by atoms with E-state index in [2.05, 4.69) is 0 Å². The van der Waals surface area contributed by atoms with Gasteiger partial charge in [-0.2, -0.15) is 0 Å². The lowest BCUT2D eigenvalue weighted by Gasteiger charge is -2.39. The Balaban J connectivity index is 1.62. The molecule has 3 aromatic rings. The average molecular weight is 400 g/mol. The van der Waals surface area contributed by atoms with Crippen LogP contribution in [0.2, 0.25) is 0 Å². The fourth-order valence-corrected chi connectivity index (χ4v) is 3.30. The van der Waals surface area contributed by atoms with Gasteiger partial charge in [-0.05, 0) is 29.7 Å². The van der Waals surface area contributed by atoms with E-state index in [0.29, 0.717) is 16.7 Å². The molecule has 1 fully saturated rings. The molecule has 0 bridgehead atoms. The summed E-state index contributed by atoms with van der Waals surface area (Å²) in [6.07, 6.45) is -6.89. The van der Waals surface area contributed by atoms with E-state index in [-0.39, 0.29) is 5.75 Å². The van der Waals surface area contributed by atoms with Crippen LogP contribution in [0.3, 0.4) is 0 Å². The van der Waals surface area contributed by atoms with Crippen molar-refractivity contribution in [3.8, 4) is 17.1 Å². The number of hydrogen-bond acceptors (Lipinski definition) is 8. The minimum absolute atomic E-state index is 0.280. The van der Waals surface area contributed by atoms with Crippen LogP contribution in [0.5, 0.6) is 5.75 Å². The fourth-order valence-electron chi connectivity index (χ4n) is 3.30. The molecule has 8 heteroatoms. The third-order valence-electron chi connectivity index (χ3n) is 4.89. The molecule has 29 heavy (non-hydrogen) atoms. The minimum Gasteiger partial charge on any atom is -0.462 e. The maximum absolute atomic E-state index is 12.2. The van der Waals surface area contributed by atoms with Crippen molar-refractivity contribution in [2.75, 3.05) is 6.61 Å². The molecule has 0 amide bonds. The summed E-state index contributed by atoms with van der Waals surface area (Å²) >= 11 is 0. The van der Waals surface area contributed by atoms with Crippen LogP contribution >= 0.6 is 0 Å². The van der Waals surface area contributed by atoms with Crippen molar-refractivity contribution in [1.29, 1.82) is 0 Å². The average Bonchev–Trinajstić information content (AvgIpc) is 2.74. The van der Waals surface area contributed by atoms with E-state index in [1.807, 2.05) is 12.1 Å². The van der Waals surface area contributed by atoms with Crippen molar-refractivity contribution in [3.63, 3.8) is 0 Å². The topological polar surface area (TPSA) is 130 Å². The van der Waals surface area contributed by atoms with Gasteiger partial charge < -0.3 is 34.3 Å². The van der Waals surface area contributed by atoms with Gasteiger partial charge in [0.2, 0.25) is 6.29 Å². The van der Waals surface area contributed by atoms with Gasteiger partial charge in [0, 0.05) is 5.56 Å². The molecule has 0 spiro atoms. The van der Waals surface area contributed by atoms with E-state index in [1.165, 1.54) is 0 Å². The largest absolute Gasteiger partial charge is 0.462 e. The lowest BCUT2D eigenvalue weighted by molar-refractivity contribution is -0.277. The van der Waals surface area contributed by atoms with Gasteiger partial charge in [-0.25, -0.2) is 4.79 Å². The van der Waals surface area contributed by atoms with Crippen molar-refractivity contribution < 1.29 is 34.3 Å². The van der Waals surface area contributed by atoms with Crippen LogP contribution in [0.4, 0.5) is 0 Å². The smallest absolute Gasteiger partial charge is 0.344 e. The quantitative estimate of drug-likeness (QED) is 0.502. The van der Waals surface area contributed by atoms with Crippen LogP contribution in [0.25, 0.3) is 22.1 Å². The van der Waals surface area contributed by atoms with E-state index in [4.69, 9.17) is 13.9 Å². The summed E-state index contributed by atoms with van der Waals surface area (Å²) in [6, 6.07) is 15.4. The number of fused-ring (bicyclic) bond motifs is 1. The molecule has 1 aromatic heterocycles. The first kappa shape index (κ1) is 19.6. The molecule has 1 aliphatic rings. The predicted molar refractivity (Wildman–Crippen MR) is 102 cm³/mol. The van der Waals surface area contributed by atoms with Crippen LogP contribution < -0.4 is 10.4 Å². The molecule has 4 N–H and O–H groups in total. The van der Waals surface area contributed by atoms with Gasteiger partial charge in [0.15, 0.2) is 0 Å². The molecule has 2 aromatic carbocycles. The fraction of sp³-hybridized carbons (Fsp3) is 0.286. The van der Waals surface area contributed by atoms with Gasteiger partial charge in [0.05, 0.1) is 12.0 Å². The van der Waals surface area contributed by atoms with Crippen molar-refractivity contribution in [2.24, 2.45) is 0 Å². The van der Waals surface area contributed by atoms with Crippen LogP contribution in [0, 0.1) is 0 Å². The summed E-state index contributed by atoms with van der Waals surface area (Å²) in [6.45, 7) is -0.549. The molecule has 0 aliphatic carbocycles. The first-order valence-corrected chi connectivity index (χ1v) is 9.08. The first-order valence-electron chi connectivity index (χ1n) is 9.08. The highest BCUT2D eigenvalue weighted by Gasteiger charge is 2.44. The molecule has 5 atom stereocenters. The molecular weight excluding hydrogens is 380 g/mol. The van der Waals surface area contributed by atoms with Gasteiger partial charge in [0.25, 0.3) is 0 Å². The Hall–Kier alpha value is -2.75. The van der Waals surface area contributed by atoms with Crippen LogP contribution in [-0.4, -0.2) is 57.7 Å². The third-order valence-corrected chi connectivity index (χ3v) is 4.89. The highest BCUT2D eigenvalue weighted by atomic mass is 16.7. The zero-order valence-corrected chi connectivity index (χ0v) is 15.2. The second-order valence-electron chi connectivity index (χ2n) is 6.83. The monoisotopic (exact) mass is 400 g/mol. The Morgan fingerprint density at radius 2 is 1.72 bits per heavy atom. The molecule has 1 aliphatic heterocycles. The minimum atomic E-state index is -1.53. The Morgan fingerprint density at radius 1 is 0.931 bits per heavy atom. The Morgan fingerprint density at radius 3 is 2.52 bits per heavy atom. The van der Waals surface area contributed by atoms with Gasteiger partial charge in [0.1, 0.15) is 35.9 Å². The van der Waals surface area contributed by atoms with E-state index in [9.17, 15) is 25.2 Å². The second kappa shape index (κ2) is 7.94. The zero-order chi connectivity index (χ0) is 20.5. The molecule has 2 heterocycles. The Kier molecular flexibility index (Phi) is 5.35. The third kappa shape index (κ3) is 3.76. The van der Waals surface area contributed by atoms with Gasteiger partial charge >= 0.3 is 5.63 Å². The van der Waals surface area contributed by atoms with Crippen LogP contribution in [0.1, 0.15) is 0 Å². The van der Waals surface area contributed by atoms with Crippen LogP contribution in [0.15, 0.2) is 63.8 Å². The number of aliphatic hydroxyl groups excluding tert-OH is 4. The predicted octanol–water partition coefficient (Wildman–Crippen LogP) is 0.639. The van der Waals surface area contributed by atoms with Crippen LogP contribution in [-0.2, 0) is 4.74 Å². The molecule has 0 unspecified atom stereocenters. The van der Waals surface area contributed by atoms with Crippen molar-refractivity contribution in [2.45, 2.75) is 30.7 Å². The number of benzene rings is 2. The SMILES string of the molecule is O=c1oc(-c2cccc(O[C@@H]3O[C@H](CO)[C@@H](O)[C@H](O)[C@H]3O)c2)cc2ccccc12. The highest BCUT2D eigenvalue weighted by Crippen LogP contribution is 2.28. The number of aliphatic hydroxyl groups is 4. The normalized spacial score (nSPS) is 27.1. The van der Waals surface area contributed by atoms with E-state index < -0.39 is 42.9 Å². The maximum atomic E-state index is 12.2. The number of rotatable bonds is 4. The summed E-state index contributed by atoms with van der Waals surface area (Å²) in [4.78, 5) is 12.2. The lowest BCUT2D eigenvalue weighted by Crippen LogP contribution is -2.60. The van der Waals surface area contributed by atoms with Gasteiger partial charge in [-0.15, -0.1) is 0 Å². The van der Waals surface area contributed by atoms with Gasteiger partial charge in [-0.3, -0.25) is 0 Å². The molecule has 0 saturated carbocycles. The highest BCUT2D eigenvalue weighted by molar-refractivity contribution is 5.84.